The van der Waals surface area contributed by atoms with Gasteiger partial charge in [-0.3, -0.25) is 14.5 Å². The molecule has 1 saturated heterocycles. The molecule has 192 valence electrons. The van der Waals surface area contributed by atoms with Crippen molar-refractivity contribution in [2.75, 3.05) is 6.61 Å². The van der Waals surface area contributed by atoms with Crippen LogP contribution in [-0.2, 0) is 17.9 Å². The molecule has 0 spiro atoms. The zero-order chi connectivity index (χ0) is 27.2. The molecule has 2 amide bonds. The SMILES string of the molecule is CCOc1cc(/C=C2/SC(=O)N(Cc3ccccc3C#N)C2=O)cc(I)c1OCc1ccc(C(=O)O)cc1. The van der Waals surface area contributed by atoms with Gasteiger partial charge in [-0.25, -0.2) is 4.79 Å². The van der Waals surface area contributed by atoms with Crippen LogP contribution in [0, 0.1) is 14.9 Å². The fourth-order valence-electron chi connectivity index (χ4n) is 3.70. The van der Waals surface area contributed by atoms with E-state index in [9.17, 15) is 19.6 Å². The fraction of sp³-hybridized carbons (Fsp3) is 0.143. The van der Waals surface area contributed by atoms with Gasteiger partial charge >= 0.3 is 5.97 Å². The molecule has 3 aromatic rings. The van der Waals surface area contributed by atoms with Crippen molar-refractivity contribution in [3.8, 4) is 17.6 Å². The molecule has 0 radical (unpaired) electrons. The van der Waals surface area contributed by atoms with E-state index in [2.05, 4.69) is 28.7 Å². The smallest absolute Gasteiger partial charge is 0.335 e. The van der Waals surface area contributed by atoms with E-state index in [1.807, 2.05) is 13.0 Å². The molecule has 1 N–H and O–H groups in total. The molecule has 0 bridgehead atoms. The summed E-state index contributed by atoms with van der Waals surface area (Å²) in [6.07, 6.45) is 1.64. The molecular weight excluding hydrogens is 619 g/mol. The lowest BCUT2D eigenvalue weighted by molar-refractivity contribution is -0.123. The van der Waals surface area contributed by atoms with Gasteiger partial charge in [-0.1, -0.05) is 30.3 Å². The van der Waals surface area contributed by atoms with Gasteiger partial charge in [0.25, 0.3) is 11.1 Å². The van der Waals surface area contributed by atoms with E-state index in [0.29, 0.717) is 34.8 Å². The van der Waals surface area contributed by atoms with Crippen molar-refractivity contribution in [3.05, 3.63) is 97.0 Å². The van der Waals surface area contributed by atoms with Crippen LogP contribution in [0.3, 0.4) is 0 Å². The summed E-state index contributed by atoms with van der Waals surface area (Å²) in [7, 11) is 0. The van der Waals surface area contributed by atoms with E-state index in [1.54, 1.807) is 48.5 Å². The highest BCUT2D eigenvalue weighted by molar-refractivity contribution is 14.1. The van der Waals surface area contributed by atoms with E-state index < -0.39 is 17.1 Å². The van der Waals surface area contributed by atoms with Crippen LogP contribution in [-0.4, -0.2) is 33.7 Å². The Labute approximate surface area is 237 Å². The Morgan fingerprint density at radius 1 is 1.13 bits per heavy atom. The normalized spacial score (nSPS) is 14.0. The van der Waals surface area contributed by atoms with Gasteiger partial charge in [0.05, 0.1) is 38.8 Å². The van der Waals surface area contributed by atoms with Crippen molar-refractivity contribution in [2.45, 2.75) is 20.1 Å². The number of carbonyl (C=O) groups is 3. The fourth-order valence-corrected chi connectivity index (χ4v) is 5.32. The number of amides is 2. The van der Waals surface area contributed by atoms with Crippen molar-refractivity contribution in [3.63, 3.8) is 0 Å². The summed E-state index contributed by atoms with van der Waals surface area (Å²) in [6.45, 7) is 2.46. The Morgan fingerprint density at radius 2 is 1.87 bits per heavy atom. The number of ether oxygens (including phenoxy) is 2. The Balaban J connectivity index is 1.54. The molecule has 1 fully saturated rings. The maximum Gasteiger partial charge on any atom is 0.335 e. The third-order valence-electron chi connectivity index (χ3n) is 5.55. The molecular formula is C28H21IN2O6S. The standard InChI is InChI=1S/C28H21IN2O6S/c1-2-36-23-12-18(11-22(29)25(23)37-16-17-7-9-19(10-8-17)27(33)34)13-24-26(32)31(28(35)38-24)15-21-6-4-3-5-20(21)14-30/h3-13H,2,15-16H2,1H3,(H,33,34)/b24-13+. The number of nitriles is 1. The monoisotopic (exact) mass is 640 g/mol. The molecule has 0 atom stereocenters. The van der Waals surface area contributed by atoms with Crippen LogP contribution < -0.4 is 9.47 Å². The van der Waals surface area contributed by atoms with Crippen LogP contribution >= 0.6 is 34.4 Å². The number of carboxylic acid groups (broad SMARTS) is 1. The highest BCUT2D eigenvalue weighted by atomic mass is 127. The van der Waals surface area contributed by atoms with Crippen molar-refractivity contribution in [1.82, 2.24) is 4.90 Å². The third-order valence-corrected chi connectivity index (χ3v) is 7.26. The average molecular weight is 640 g/mol. The molecule has 0 aliphatic carbocycles. The molecule has 1 aliphatic heterocycles. The van der Waals surface area contributed by atoms with E-state index in [0.717, 1.165) is 25.8 Å². The number of halogens is 1. The number of carbonyl (C=O) groups excluding carboxylic acids is 2. The van der Waals surface area contributed by atoms with Crippen LogP contribution in [0.4, 0.5) is 4.79 Å². The van der Waals surface area contributed by atoms with Crippen LogP contribution in [0.2, 0.25) is 0 Å². The first-order valence-corrected chi connectivity index (χ1v) is 13.3. The number of benzene rings is 3. The lowest BCUT2D eigenvalue weighted by Crippen LogP contribution is -2.27. The topological polar surface area (TPSA) is 117 Å². The van der Waals surface area contributed by atoms with E-state index in [1.165, 1.54) is 12.1 Å². The van der Waals surface area contributed by atoms with Gasteiger partial charge in [-0.05, 0) is 94.4 Å². The number of aromatic carboxylic acids is 1. The van der Waals surface area contributed by atoms with Crippen molar-refractivity contribution in [1.29, 1.82) is 5.26 Å². The molecule has 1 aliphatic rings. The maximum atomic E-state index is 13.1. The summed E-state index contributed by atoms with van der Waals surface area (Å²) < 4.78 is 12.6. The van der Waals surface area contributed by atoms with Crippen LogP contribution in [0.1, 0.15) is 39.5 Å². The molecule has 10 heteroatoms. The van der Waals surface area contributed by atoms with Crippen LogP contribution in [0.5, 0.6) is 11.5 Å². The molecule has 0 unspecified atom stereocenters. The summed E-state index contributed by atoms with van der Waals surface area (Å²) in [6, 6.07) is 18.9. The number of rotatable bonds is 9. The Hall–Kier alpha value is -3.82. The third kappa shape index (κ3) is 6.17. The lowest BCUT2D eigenvalue weighted by atomic mass is 10.1. The molecule has 1 heterocycles. The second kappa shape index (κ2) is 12.1. The van der Waals surface area contributed by atoms with Gasteiger partial charge in [0, 0.05) is 0 Å². The Morgan fingerprint density at radius 3 is 2.55 bits per heavy atom. The number of nitrogens with zero attached hydrogens (tertiary/aromatic N) is 2. The first kappa shape index (κ1) is 27.2. The minimum atomic E-state index is -0.994. The minimum Gasteiger partial charge on any atom is -0.490 e. The van der Waals surface area contributed by atoms with Gasteiger partial charge in [0.15, 0.2) is 11.5 Å². The summed E-state index contributed by atoms with van der Waals surface area (Å²) >= 11 is 2.97. The molecule has 8 nitrogen and oxygen atoms in total. The van der Waals surface area contributed by atoms with Crippen molar-refractivity contribution < 1.29 is 29.0 Å². The summed E-state index contributed by atoms with van der Waals surface area (Å²) in [5, 5.41) is 18.0. The van der Waals surface area contributed by atoms with Gasteiger partial charge < -0.3 is 14.6 Å². The Bertz CT molecular complexity index is 1480. The van der Waals surface area contributed by atoms with Crippen LogP contribution in [0.25, 0.3) is 6.08 Å². The van der Waals surface area contributed by atoms with Gasteiger partial charge in [0.2, 0.25) is 0 Å². The molecule has 0 aromatic heterocycles. The lowest BCUT2D eigenvalue weighted by Gasteiger charge is -2.15. The van der Waals surface area contributed by atoms with Gasteiger partial charge in [0.1, 0.15) is 6.61 Å². The molecule has 3 aromatic carbocycles. The number of carboxylic acids is 1. The number of hydrogen-bond donors (Lipinski definition) is 1. The summed E-state index contributed by atoms with van der Waals surface area (Å²) in [5.74, 6) is -0.417. The van der Waals surface area contributed by atoms with E-state index in [4.69, 9.17) is 14.6 Å². The van der Waals surface area contributed by atoms with Crippen LogP contribution in [0.15, 0.2) is 65.6 Å². The second-order valence-electron chi connectivity index (χ2n) is 8.09. The van der Waals surface area contributed by atoms with E-state index in [-0.39, 0.29) is 23.6 Å². The number of imide groups is 1. The zero-order valence-corrected chi connectivity index (χ0v) is 23.1. The molecule has 4 rings (SSSR count). The molecule has 38 heavy (non-hydrogen) atoms. The minimum absolute atomic E-state index is 0.0215. The van der Waals surface area contributed by atoms with Crippen molar-refractivity contribution >= 4 is 57.5 Å². The predicted molar refractivity (Wildman–Crippen MR) is 151 cm³/mol. The first-order valence-electron chi connectivity index (χ1n) is 11.5. The quantitative estimate of drug-likeness (QED) is 0.221. The summed E-state index contributed by atoms with van der Waals surface area (Å²) in [4.78, 5) is 38.1. The largest absolute Gasteiger partial charge is 0.490 e. The average Bonchev–Trinajstić information content (AvgIpc) is 3.16. The second-order valence-corrected chi connectivity index (χ2v) is 10.2. The zero-order valence-electron chi connectivity index (χ0n) is 20.1. The van der Waals surface area contributed by atoms with Crippen molar-refractivity contribution in [2.24, 2.45) is 0 Å². The van der Waals surface area contributed by atoms with E-state index >= 15 is 0 Å². The first-order chi connectivity index (χ1) is 18.3. The predicted octanol–water partition coefficient (Wildman–Crippen LogP) is 6.08. The van der Waals surface area contributed by atoms with Gasteiger partial charge in [-0.15, -0.1) is 0 Å². The highest BCUT2D eigenvalue weighted by Crippen LogP contribution is 2.38. The summed E-state index contributed by atoms with van der Waals surface area (Å²) in [5.41, 5.74) is 2.68. The van der Waals surface area contributed by atoms with Gasteiger partial charge in [-0.2, -0.15) is 5.26 Å². The number of thioether (sulfide) groups is 1. The number of hydrogen-bond acceptors (Lipinski definition) is 7. The Kier molecular flexibility index (Phi) is 8.70. The highest BCUT2D eigenvalue weighted by Gasteiger charge is 2.35. The molecule has 0 saturated carbocycles. The maximum absolute atomic E-state index is 13.1.